The molecule has 20 heavy (non-hydrogen) atoms. The van der Waals surface area contributed by atoms with Crippen molar-refractivity contribution >= 4 is 17.3 Å². The Balaban J connectivity index is 1.90. The number of nitrogens with zero attached hydrogens (tertiary/aromatic N) is 1. The van der Waals surface area contributed by atoms with Crippen LogP contribution in [0.5, 0.6) is 0 Å². The number of rotatable bonds is 4. The SMILES string of the molecule is Cc1ccc(C(Nc2c(C)ccnc2Cl)C2CC2)cc1. The van der Waals surface area contributed by atoms with Gasteiger partial charge in [-0.2, -0.15) is 0 Å². The van der Waals surface area contributed by atoms with Crippen LogP contribution >= 0.6 is 11.6 Å². The van der Waals surface area contributed by atoms with Gasteiger partial charge in [0.05, 0.1) is 11.7 Å². The summed E-state index contributed by atoms with van der Waals surface area (Å²) in [6.07, 6.45) is 4.31. The predicted molar refractivity (Wildman–Crippen MR) is 84.3 cm³/mol. The van der Waals surface area contributed by atoms with Gasteiger partial charge in [0.25, 0.3) is 0 Å². The fraction of sp³-hybridized carbons (Fsp3) is 0.353. The number of pyridine rings is 1. The third-order valence-corrected chi connectivity index (χ3v) is 4.23. The minimum Gasteiger partial charge on any atom is -0.375 e. The van der Waals surface area contributed by atoms with Gasteiger partial charge < -0.3 is 5.32 Å². The Hall–Kier alpha value is -1.54. The lowest BCUT2D eigenvalue weighted by atomic mass is 10.0. The molecule has 0 spiro atoms. The van der Waals surface area contributed by atoms with Gasteiger partial charge in [-0.3, -0.25) is 0 Å². The summed E-state index contributed by atoms with van der Waals surface area (Å²) in [5.41, 5.74) is 4.73. The number of anilines is 1. The molecule has 1 unspecified atom stereocenters. The molecule has 0 amide bonds. The molecule has 0 radical (unpaired) electrons. The fourth-order valence-electron chi connectivity index (χ4n) is 2.53. The van der Waals surface area contributed by atoms with E-state index in [1.165, 1.54) is 24.0 Å². The quantitative estimate of drug-likeness (QED) is 0.807. The number of aromatic nitrogens is 1. The number of benzene rings is 1. The summed E-state index contributed by atoms with van der Waals surface area (Å²) in [7, 11) is 0. The molecule has 1 aromatic heterocycles. The summed E-state index contributed by atoms with van der Waals surface area (Å²) >= 11 is 6.24. The van der Waals surface area contributed by atoms with Crippen molar-refractivity contribution in [3.05, 3.63) is 58.4 Å². The van der Waals surface area contributed by atoms with E-state index in [4.69, 9.17) is 11.6 Å². The van der Waals surface area contributed by atoms with Crippen LogP contribution in [0.3, 0.4) is 0 Å². The highest BCUT2D eigenvalue weighted by Gasteiger charge is 2.32. The largest absolute Gasteiger partial charge is 0.375 e. The fourth-order valence-corrected chi connectivity index (χ4v) is 2.79. The number of hydrogen-bond acceptors (Lipinski definition) is 2. The Morgan fingerprint density at radius 3 is 2.45 bits per heavy atom. The van der Waals surface area contributed by atoms with Gasteiger partial charge in [0.2, 0.25) is 0 Å². The monoisotopic (exact) mass is 286 g/mol. The van der Waals surface area contributed by atoms with Crippen LogP contribution in [-0.4, -0.2) is 4.98 Å². The molecule has 104 valence electrons. The van der Waals surface area contributed by atoms with E-state index < -0.39 is 0 Å². The van der Waals surface area contributed by atoms with Gasteiger partial charge in [0.15, 0.2) is 5.15 Å². The van der Waals surface area contributed by atoms with Crippen LogP contribution in [0.4, 0.5) is 5.69 Å². The molecule has 0 aliphatic heterocycles. The zero-order valence-electron chi connectivity index (χ0n) is 11.9. The highest BCUT2D eigenvalue weighted by Crippen LogP contribution is 2.44. The zero-order valence-corrected chi connectivity index (χ0v) is 12.6. The van der Waals surface area contributed by atoms with Crippen molar-refractivity contribution in [2.45, 2.75) is 32.7 Å². The van der Waals surface area contributed by atoms with E-state index in [2.05, 4.69) is 48.4 Å². The van der Waals surface area contributed by atoms with Crippen LogP contribution in [0.25, 0.3) is 0 Å². The smallest absolute Gasteiger partial charge is 0.152 e. The van der Waals surface area contributed by atoms with E-state index in [-0.39, 0.29) is 0 Å². The number of halogens is 1. The average molecular weight is 287 g/mol. The Morgan fingerprint density at radius 2 is 1.85 bits per heavy atom. The summed E-state index contributed by atoms with van der Waals surface area (Å²) in [4.78, 5) is 4.18. The van der Waals surface area contributed by atoms with Crippen LogP contribution in [0.1, 0.15) is 35.6 Å². The molecule has 1 atom stereocenters. The second kappa shape index (κ2) is 5.45. The molecule has 1 heterocycles. The Bertz CT molecular complexity index is 583. The van der Waals surface area contributed by atoms with Gasteiger partial charge in [-0.1, -0.05) is 41.4 Å². The van der Waals surface area contributed by atoms with E-state index in [0.29, 0.717) is 17.1 Å². The topological polar surface area (TPSA) is 24.9 Å². The molecule has 0 bridgehead atoms. The van der Waals surface area contributed by atoms with Crippen molar-refractivity contribution in [1.29, 1.82) is 0 Å². The molecule has 0 saturated heterocycles. The van der Waals surface area contributed by atoms with Crippen LogP contribution in [0, 0.1) is 19.8 Å². The van der Waals surface area contributed by atoms with Crippen LogP contribution in [-0.2, 0) is 0 Å². The minimum atomic E-state index is 0.330. The van der Waals surface area contributed by atoms with Gasteiger partial charge in [-0.15, -0.1) is 0 Å². The van der Waals surface area contributed by atoms with Crippen molar-refractivity contribution in [2.75, 3.05) is 5.32 Å². The van der Waals surface area contributed by atoms with Crippen LogP contribution in [0.2, 0.25) is 5.15 Å². The highest BCUT2D eigenvalue weighted by molar-refractivity contribution is 6.32. The maximum Gasteiger partial charge on any atom is 0.152 e. The first-order valence-electron chi connectivity index (χ1n) is 7.09. The normalized spacial score (nSPS) is 15.9. The third kappa shape index (κ3) is 2.80. The summed E-state index contributed by atoms with van der Waals surface area (Å²) < 4.78 is 0. The molecule has 1 aliphatic rings. The molecular weight excluding hydrogens is 268 g/mol. The van der Waals surface area contributed by atoms with Gasteiger partial charge >= 0.3 is 0 Å². The van der Waals surface area contributed by atoms with Gasteiger partial charge in [-0.25, -0.2) is 4.98 Å². The molecule has 1 fully saturated rings. The molecule has 1 aromatic carbocycles. The van der Waals surface area contributed by atoms with E-state index in [0.717, 1.165) is 11.3 Å². The highest BCUT2D eigenvalue weighted by atomic mass is 35.5. The molecular formula is C17H19ClN2. The van der Waals surface area contributed by atoms with Gasteiger partial charge in [0, 0.05) is 6.20 Å². The Kier molecular flexibility index (Phi) is 3.66. The van der Waals surface area contributed by atoms with E-state index in [1.54, 1.807) is 6.20 Å². The second-order valence-corrected chi connectivity index (χ2v) is 6.02. The zero-order chi connectivity index (χ0) is 14.1. The Morgan fingerprint density at radius 1 is 1.15 bits per heavy atom. The van der Waals surface area contributed by atoms with Gasteiger partial charge in [0.1, 0.15) is 0 Å². The molecule has 1 N–H and O–H groups in total. The van der Waals surface area contributed by atoms with E-state index in [9.17, 15) is 0 Å². The predicted octanol–water partition coefficient (Wildman–Crippen LogP) is 4.92. The second-order valence-electron chi connectivity index (χ2n) is 5.66. The first-order valence-corrected chi connectivity index (χ1v) is 7.47. The standard InChI is InChI=1S/C17H19ClN2/c1-11-3-5-13(6-4-11)16(14-7-8-14)20-15-12(2)9-10-19-17(15)18/h3-6,9-10,14,16,20H,7-8H2,1-2H3. The summed E-state index contributed by atoms with van der Waals surface area (Å²) in [6.45, 7) is 4.18. The van der Waals surface area contributed by atoms with Crippen molar-refractivity contribution in [2.24, 2.45) is 5.92 Å². The number of aryl methyl sites for hydroxylation is 2. The molecule has 2 aromatic rings. The Labute approximate surface area is 125 Å². The molecule has 3 heteroatoms. The molecule has 3 rings (SSSR count). The molecule has 1 aliphatic carbocycles. The van der Waals surface area contributed by atoms with Crippen molar-refractivity contribution in [1.82, 2.24) is 4.98 Å². The number of nitrogens with one attached hydrogen (secondary N) is 1. The minimum absolute atomic E-state index is 0.330. The summed E-state index contributed by atoms with van der Waals surface area (Å²) in [5.74, 6) is 0.702. The maximum absolute atomic E-state index is 6.24. The van der Waals surface area contributed by atoms with Crippen LogP contribution in [0.15, 0.2) is 36.5 Å². The number of hydrogen-bond donors (Lipinski definition) is 1. The van der Waals surface area contributed by atoms with Gasteiger partial charge in [-0.05, 0) is 49.8 Å². The summed E-state index contributed by atoms with van der Waals surface area (Å²) in [5, 5.41) is 4.18. The molecule has 1 saturated carbocycles. The molecule has 2 nitrogen and oxygen atoms in total. The lowest BCUT2D eigenvalue weighted by Gasteiger charge is -2.22. The van der Waals surface area contributed by atoms with Crippen molar-refractivity contribution < 1.29 is 0 Å². The van der Waals surface area contributed by atoms with Crippen molar-refractivity contribution in [3.8, 4) is 0 Å². The maximum atomic E-state index is 6.24. The van der Waals surface area contributed by atoms with Crippen molar-refractivity contribution in [3.63, 3.8) is 0 Å². The first kappa shape index (κ1) is 13.4. The first-order chi connectivity index (χ1) is 9.65. The van der Waals surface area contributed by atoms with E-state index >= 15 is 0 Å². The van der Waals surface area contributed by atoms with Crippen LogP contribution < -0.4 is 5.32 Å². The third-order valence-electron chi connectivity index (χ3n) is 3.94. The lowest BCUT2D eigenvalue weighted by molar-refractivity contribution is 0.677. The van der Waals surface area contributed by atoms with E-state index in [1.807, 2.05) is 6.07 Å². The average Bonchev–Trinajstić information content (AvgIpc) is 3.24. The lowest BCUT2D eigenvalue weighted by Crippen LogP contribution is -2.14. The summed E-state index contributed by atoms with van der Waals surface area (Å²) in [6, 6.07) is 11.1.